The third kappa shape index (κ3) is 2.86. The Kier molecular flexibility index (Phi) is 4.42. The Morgan fingerprint density at radius 1 is 1.31 bits per heavy atom. The predicted molar refractivity (Wildman–Crippen MR) is 72.5 cm³/mol. The van der Waals surface area contributed by atoms with Crippen LogP contribution < -0.4 is 0 Å². The first-order valence-corrected chi connectivity index (χ1v) is 7.08. The first-order valence-electron chi connectivity index (χ1n) is 6.28. The van der Waals surface area contributed by atoms with Crippen LogP contribution in [0.4, 0.5) is 0 Å². The molecule has 2 rings (SSSR count). The highest BCUT2D eigenvalue weighted by molar-refractivity contribution is 9.10. The molecular formula is C14H20BrN. The van der Waals surface area contributed by atoms with E-state index in [4.69, 9.17) is 0 Å². The molecule has 1 fully saturated rings. The summed E-state index contributed by atoms with van der Waals surface area (Å²) in [6.45, 7) is 4.67. The second kappa shape index (κ2) is 5.83. The number of hydrogen-bond donors (Lipinski definition) is 0. The van der Waals surface area contributed by atoms with Gasteiger partial charge in [0.2, 0.25) is 0 Å². The van der Waals surface area contributed by atoms with Crippen molar-refractivity contribution in [3.05, 3.63) is 34.3 Å². The van der Waals surface area contributed by atoms with Crippen molar-refractivity contribution >= 4 is 15.9 Å². The molecule has 16 heavy (non-hydrogen) atoms. The summed E-state index contributed by atoms with van der Waals surface area (Å²) in [6.07, 6.45) is 5.43. The SMILES string of the molecule is CCC1CCCCN1Cc1ccccc1Br. The van der Waals surface area contributed by atoms with Gasteiger partial charge in [0.25, 0.3) is 0 Å². The van der Waals surface area contributed by atoms with Gasteiger partial charge in [0.15, 0.2) is 0 Å². The van der Waals surface area contributed by atoms with Gasteiger partial charge in [0.1, 0.15) is 0 Å². The molecule has 1 aliphatic rings. The fraction of sp³-hybridized carbons (Fsp3) is 0.571. The second-order valence-corrected chi connectivity index (χ2v) is 5.47. The summed E-state index contributed by atoms with van der Waals surface area (Å²) in [4.78, 5) is 2.64. The van der Waals surface area contributed by atoms with Crippen LogP contribution in [0.5, 0.6) is 0 Å². The normalized spacial score (nSPS) is 22.2. The molecule has 0 bridgehead atoms. The van der Waals surface area contributed by atoms with Crippen LogP contribution in [-0.4, -0.2) is 17.5 Å². The second-order valence-electron chi connectivity index (χ2n) is 4.62. The molecule has 1 nitrogen and oxygen atoms in total. The molecule has 1 saturated heterocycles. The van der Waals surface area contributed by atoms with Gasteiger partial charge in [0.05, 0.1) is 0 Å². The Morgan fingerprint density at radius 3 is 2.88 bits per heavy atom. The Labute approximate surface area is 107 Å². The van der Waals surface area contributed by atoms with Gasteiger partial charge in [-0.15, -0.1) is 0 Å². The molecule has 0 radical (unpaired) electrons. The zero-order valence-electron chi connectivity index (χ0n) is 9.95. The van der Waals surface area contributed by atoms with E-state index in [1.54, 1.807) is 0 Å². The zero-order valence-corrected chi connectivity index (χ0v) is 11.5. The molecule has 1 heterocycles. The quantitative estimate of drug-likeness (QED) is 0.802. The average Bonchev–Trinajstić information content (AvgIpc) is 2.33. The summed E-state index contributed by atoms with van der Waals surface area (Å²) >= 11 is 3.64. The number of hydrogen-bond acceptors (Lipinski definition) is 1. The minimum atomic E-state index is 0.792. The van der Waals surface area contributed by atoms with E-state index in [0.717, 1.165) is 12.6 Å². The van der Waals surface area contributed by atoms with Crippen molar-refractivity contribution in [2.24, 2.45) is 0 Å². The minimum Gasteiger partial charge on any atom is -0.296 e. The molecule has 0 amide bonds. The van der Waals surface area contributed by atoms with Gasteiger partial charge in [-0.3, -0.25) is 4.90 Å². The van der Waals surface area contributed by atoms with Crippen LogP contribution in [0.1, 0.15) is 38.2 Å². The Bertz CT molecular complexity index is 337. The summed E-state index contributed by atoms with van der Waals surface area (Å²) in [7, 11) is 0. The van der Waals surface area contributed by atoms with E-state index in [0.29, 0.717) is 0 Å². The van der Waals surface area contributed by atoms with Gasteiger partial charge in [-0.25, -0.2) is 0 Å². The standard InChI is InChI=1S/C14H20BrN/c1-2-13-8-5-6-10-16(13)11-12-7-3-4-9-14(12)15/h3-4,7,9,13H,2,5-6,8,10-11H2,1H3. The van der Waals surface area contributed by atoms with E-state index in [-0.39, 0.29) is 0 Å². The van der Waals surface area contributed by atoms with E-state index in [1.165, 1.54) is 42.3 Å². The molecule has 1 aliphatic heterocycles. The van der Waals surface area contributed by atoms with Crippen molar-refractivity contribution in [2.75, 3.05) is 6.54 Å². The molecule has 0 saturated carbocycles. The molecule has 0 N–H and O–H groups in total. The maximum absolute atomic E-state index is 3.64. The average molecular weight is 282 g/mol. The smallest absolute Gasteiger partial charge is 0.0247 e. The molecule has 1 unspecified atom stereocenters. The lowest BCUT2D eigenvalue weighted by molar-refractivity contribution is 0.136. The molecule has 1 atom stereocenters. The van der Waals surface area contributed by atoms with Gasteiger partial charge >= 0.3 is 0 Å². The van der Waals surface area contributed by atoms with Crippen molar-refractivity contribution in [2.45, 2.75) is 45.2 Å². The number of piperidine rings is 1. The van der Waals surface area contributed by atoms with E-state index in [1.807, 2.05) is 0 Å². The lowest BCUT2D eigenvalue weighted by Crippen LogP contribution is -2.38. The zero-order chi connectivity index (χ0) is 11.4. The molecule has 0 aliphatic carbocycles. The Morgan fingerprint density at radius 2 is 2.12 bits per heavy atom. The first-order chi connectivity index (χ1) is 7.81. The van der Waals surface area contributed by atoms with Crippen molar-refractivity contribution < 1.29 is 0 Å². The molecule has 2 heteroatoms. The van der Waals surface area contributed by atoms with E-state index in [9.17, 15) is 0 Å². The molecule has 1 aromatic rings. The number of benzene rings is 1. The summed E-state index contributed by atoms with van der Waals surface area (Å²) in [5.74, 6) is 0. The fourth-order valence-corrected chi connectivity index (χ4v) is 2.99. The summed E-state index contributed by atoms with van der Waals surface area (Å²) in [5.41, 5.74) is 1.42. The maximum atomic E-state index is 3.64. The van der Waals surface area contributed by atoms with Crippen LogP contribution in [0.15, 0.2) is 28.7 Å². The first kappa shape index (κ1) is 12.1. The topological polar surface area (TPSA) is 3.24 Å². The molecule has 0 spiro atoms. The monoisotopic (exact) mass is 281 g/mol. The van der Waals surface area contributed by atoms with Crippen LogP contribution in [0.2, 0.25) is 0 Å². The highest BCUT2D eigenvalue weighted by atomic mass is 79.9. The Hall–Kier alpha value is -0.340. The van der Waals surface area contributed by atoms with E-state index >= 15 is 0 Å². The van der Waals surface area contributed by atoms with Crippen LogP contribution in [0.3, 0.4) is 0 Å². The third-order valence-electron chi connectivity index (χ3n) is 3.55. The Balaban J connectivity index is 2.05. The largest absolute Gasteiger partial charge is 0.296 e. The number of rotatable bonds is 3. The molecule has 0 aromatic heterocycles. The minimum absolute atomic E-state index is 0.792. The van der Waals surface area contributed by atoms with Crippen LogP contribution >= 0.6 is 15.9 Å². The van der Waals surface area contributed by atoms with Gasteiger partial charge in [-0.2, -0.15) is 0 Å². The predicted octanol–water partition coefficient (Wildman–Crippen LogP) is 4.21. The van der Waals surface area contributed by atoms with Gasteiger partial charge in [0, 0.05) is 17.1 Å². The van der Waals surface area contributed by atoms with Gasteiger partial charge in [-0.1, -0.05) is 47.5 Å². The van der Waals surface area contributed by atoms with Gasteiger partial charge in [-0.05, 0) is 37.4 Å². The molecular weight excluding hydrogens is 262 g/mol. The van der Waals surface area contributed by atoms with Crippen molar-refractivity contribution in [1.82, 2.24) is 4.90 Å². The molecule has 1 aromatic carbocycles. The highest BCUT2D eigenvalue weighted by Crippen LogP contribution is 2.24. The summed E-state index contributed by atoms with van der Waals surface area (Å²) in [5, 5.41) is 0. The summed E-state index contributed by atoms with van der Waals surface area (Å²) < 4.78 is 1.25. The van der Waals surface area contributed by atoms with Crippen molar-refractivity contribution in [3.63, 3.8) is 0 Å². The fourth-order valence-electron chi connectivity index (χ4n) is 2.58. The third-order valence-corrected chi connectivity index (χ3v) is 4.33. The molecule has 88 valence electrons. The summed E-state index contributed by atoms with van der Waals surface area (Å²) in [6, 6.07) is 9.37. The van der Waals surface area contributed by atoms with Crippen molar-refractivity contribution in [1.29, 1.82) is 0 Å². The van der Waals surface area contributed by atoms with Crippen LogP contribution in [-0.2, 0) is 6.54 Å². The van der Waals surface area contributed by atoms with Crippen LogP contribution in [0.25, 0.3) is 0 Å². The van der Waals surface area contributed by atoms with Gasteiger partial charge < -0.3 is 0 Å². The lowest BCUT2D eigenvalue weighted by atomic mass is 9.99. The number of halogens is 1. The maximum Gasteiger partial charge on any atom is 0.0247 e. The van der Waals surface area contributed by atoms with E-state index < -0.39 is 0 Å². The van der Waals surface area contributed by atoms with E-state index in [2.05, 4.69) is 52.0 Å². The highest BCUT2D eigenvalue weighted by Gasteiger charge is 2.20. The number of likely N-dealkylation sites (tertiary alicyclic amines) is 1. The van der Waals surface area contributed by atoms with Crippen LogP contribution in [0, 0.1) is 0 Å². The van der Waals surface area contributed by atoms with Crippen molar-refractivity contribution in [3.8, 4) is 0 Å². The lowest BCUT2D eigenvalue weighted by Gasteiger charge is -2.35. The number of nitrogens with zero attached hydrogens (tertiary/aromatic N) is 1.